The first kappa shape index (κ1) is 10.8. The first-order valence-corrected chi connectivity index (χ1v) is 6.04. The van der Waals surface area contributed by atoms with E-state index in [4.69, 9.17) is 0 Å². The molecular weight excluding hydrogens is 224 g/mol. The maximum atomic E-state index is 9.92. The van der Waals surface area contributed by atoms with E-state index in [0.717, 1.165) is 29.7 Å². The molecule has 0 aliphatic heterocycles. The van der Waals surface area contributed by atoms with E-state index in [1.54, 1.807) is 6.07 Å². The molecule has 3 rings (SSSR count). The Morgan fingerprint density at radius 1 is 1.17 bits per heavy atom. The Morgan fingerprint density at radius 3 is 2.83 bits per heavy atom. The molecule has 1 heterocycles. The van der Waals surface area contributed by atoms with Crippen molar-refractivity contribution in [2.24, 2.45) is 0 Å². The third kappa shape index (κ3) is 1.84. The molecule has 0 fully saturated rings. The second-order valence-corrected chi connectivity index (χ2v) is 4.32. The van der Waals surface area contributed by atoms with Crippen molar-refractivity contribution in [1.29, 1.82) is 0 Å². The summed E-state index contributed by atoms with van der Waals surface area (Å²) in [6, 6.07) is 7.29. The van der Waals surface area contributed by atoms with E-state index in [2.05, 4.69) is 28.4 Å². The van der Waals surface area contributed by atoms with Crippen LogP contribution < -0.4 is 0 Å². The number of H-pyrrole nitrogens is 1. The number of phenols is 1. The molecule has 1 aromatic carbocycles. The number of aromatic hydroxyl groups is 1. The van der Waals surface area contributed by atoms with Gasteiger partial charge in [0.25, 0.3) is 0 Å². The SMILES string of the molecule is Oc1ccccc1-c1n[nH]cc1C1=CC=CCC1. The third-order valence-corrected chi connectivity index (χ3v) is 3.16. The van der Waals surface area contributed by atoms with Gasteiger partial charge in [-0.05, 0) is 30.5 Å². The summed E-state index contributed by atoms with van der Waals surface area (Å²) in [6.45, 7) is 0. The van der Waals surface area contributed by atoms with Crippen LogP contribution in [0.3, 0.4) is 0 Å². The van der Waals surface area contributed by atoms with Gasteiger partial charge in [0.05, 0.1) is 0 Å². The lowest BCUT2D eigenvalue weighted by atomic mass is 9.95. The number of hydrogen-bond acceptors (Lipinski definition) is 2. The van der Waals surface area contributed by atoms with E-state index in [1.165, 1.54) is 5.57 Å². The lowest BCUT2D eigenvalue weighted by molar-refractivity contribution is 0.477. The number of nitrogens with zero attached hydrogens (tertiary/aromatic N) is 1. The highest BCUT2D eigenvalue weighted by Gasteiger charge is 2.15. The number of benzene rings is 1. The zero-order chi connectivity index (χ0) is 12.4. The highest BCUT2D eigenvalue weighted by Crippen LogP contribution is 2.34. The second-order valence-electron chi connectivity index (χ2n) is 4.32. The number of aromatic amines is 1. The van der Waals surface area contributed by atoms with Gasteiger partial charge in [0.2, 0.25) is 0 Å². The van der Waals surface area contributed by atoms with Crippen LogP contribution in [-0.4, -0.2) is 15.3 Å². The van der Waals surface area contributed by atoms with Crippen LogP contribution in [0.1, 0.15) is 18.4 Å². The predicted octanol–water partition coefficient (Wildman–Crippen LogP) is 3.52. The summed E-state index contributed by atoms with van der Waals surface area (Å²) in [4.78, 5) is 0. The van der Waals surface area contributed by atoms with Crippen LogP contribution in [0.4, 0.5) is 0 Å². The molecule has 18 heavy (non-hydrogen) atoms. The molecular formula is C15H14N2O. The Morgan fingerprint density at radius 2 is 2.06 bits per heavy atom. The fraction of sp³-hybridized carbons (Fsp3) is 0.133. The van der Waals surface area contributed by atoms with E-state index in [0.29, 0.717) is 0 Å². The molecule has 2 aromatic rings. The van der Waals surface area contributed by atoms with Crippen molar-refractivity contribution in [1.82, 2.24) is 10.2 Å². The molecule has 0 unspecified atom stereocenters. The molecule has 0 radical (unpaired) electrons. The lowest BCUT2D eigenvalue weighted by Gasteiger charge is -2.09. The molecule has 1 aliphatic rings. The molecule has 2 N–H and O–H groups in total. The fourth-order valence-electron chi connectivity index (χ4n) is 2.24. The smallest absolute Gasteiger partial charge is 0.125 e. The minimum atomic E-state index is 0.262. The van der Waals surface area contributed by atoms with E-state index in [9.17, 15) is 5.11 Å². The Balaban J connectivity index is 2.10. The zero-order valence-electron chi connectivity index (χ0n) is 9.93. The topological polar surface area (TPSA) is 48.9 Å². The number of hydrogen-bond donors (Lipinski definition) is 2. The largest absolute Gasteiger partial charge is 0.507 e. The highest BCUT2D eigenvalue weighted by molar-refractivity contribution is 5.82. The maximum absolute atomic E-state index is 9.92. The first-order valence-electron chi connectivity index (χ1n) is 6.04. The van der Waals surface area contributed by atoms with E-state index in [1.807, 2.05) is 24.4 Å². The minimum absolute atomic E-state index is 0.262. The van der Waals surface area contributed by atoms with Crippen LogP contribution in [0.5, 0.6) is 5.75 Å². The Kier molecular flexibility index (Phi) is 2.73. The Hall–Kier alpha value is -2.29. The number of allylic oxidation sites excluding steroid dienone is 4. The van der Waals surface area contributed by atoms with Crippen LogP contribution in [0, 0.1) is 0 Å². The zero-order valence-corrected chi connectivity index (χ0v) is 9.93. The molecule has 0 saturated heterocycles. The quantitative estimate of drug-likeness (QED) is 0.841. The molecule has 0 spiro atoms. The summed E-state index contributed by atoms with van der Waals surface area (Å²) in [7, 11) is 0. The van der Waals surface area contributed by atoms with E-state index in [-0.39, 0.29) is 5.75 Å². The maximum Gasteiger partial charge on any atom is 0.125 e. The van der Waals surface area contributed by atoms with Crippen LogP contribution >= 0.6 is 0 Å². The van der Waals surface area contributed by atoms with Gasteiger partial charge in [-0.25, -0.2) is 0 Å². The normalized spacial score (nSPS) is 14.6. The summed E-state index contributed by atoms with van der Waals surface area (Å²) in [5, 5.41) is 17.1. The number of rotatable bonds is 2. The first-order chi connectivity index (χ1) is 8.86. The van der Waals surface area contributed by atoms with Crippen LogP contribution in [0.25, 0.3) is 16.8 Å². The number of nitrogens with one attached hydrogen (secondary N) is 1. The van der Waals surface area contributed by atoms with E-state index < -0.39 is 0 Å². The lowest BCUT2D eigenvalue weighted by Crippen LogP contribution is -1.90. The highest BCUT2D eigenvalue weighted by atomic mass is 16.3. The average Bonchev–Trinajstić information content (AvgIpc) is 2.89. The van der Waals surface area contributed by atoms with Gasteiger partial charge < -0.3 is 5.11 Å². The molecule has 1 aromatic heterocycles. The molecule has 0 amide bonds. The van der Waals surface area contributed by atoms with Crippen molar-refractivity contribution >= 4 is 5.57 Å². The Labute approximate surface area is 105 Å². The van der Waals surface area contributed by atoms with Crippen molar-refractivity contribution in [3.8, 4) is 17.0 Å². The van der Waals surface area contributed by atoms with Crippen molar-refractivity contribution < 1.29 is 5.11 Å². The summed E-state index contributed by atoms with van der Waals surface area (Å²) in [5.41, 5.74) is 3.91. The molecule has 0 saturated carbocycles. The molecule has 1 aliphatic carbocycles. The van der Waals surface area contributed by atoms with Crippen molar-refractivity contribution in [3.63, 3.8) is 0 Å². The Bertz CT molecular complexity index is 623. The standard InChI is InChI=1S/C15H14N2O/c18-14-9-5-4-8-12(14)15-13(10-16-17-15)11-6-2-1-3-7-11/h1-2,4-6,8-10,18H,3,7H2,(H,16,17). The van der Waals surface area contributed by atoms with Gasteiger partial charge in [0.15, 0.2) is 0 Å². The van der Waals surface area contributed by atoms with Crippen LogP contribution in [0.2, 0.25) is 0 Å². The monoisotopic (exact) mass is 238 g/mol. The molecule has 0 bridgehead atoms. The van der Waals surface area contributed by atoms with Crippen molar-refractivity contribution in [2.45, 2.75) is 12.8 Å². The van der Waals surface area contributed by atoms with E-state index >= 15 is 0 Å². The van der Waals surface area contributed by atoms with Crippen molar-refractivity contribution in [3.05, 3.63) is 54.3 Å². The molecule has 3 heteroatoms. The van der Waals surface area contributed by atoms with Gasteiger partial charge in [-0.1, -0.05) is 30.4 Å². The van der Waals surface area contributed by atoms with Crippen molar-refractivity contribution in [2.75, 3.05) is 0 Å². The van der Waals surface area contributed by atoms with Gasteiger partial charge in [0.1, 0.15) is 11.4 Å². The van der Waals surface area contributed by atoms with Crippen LogP contribution in [0.15, 0.2) is 48.7 Å². The third-order valence-electron chi connectivity index (χ3n) is 3.16. The van der Waals surface area contributed by atoms with Crippen LogP contribution in [-0.2, 0) is 0 Å². The fourth-order valence-corrected chi connectivity index (χ4v) is 2.24. The second kappa shape index (κ2) is 4.53. The summed E-state index contributed by atoms with van der Waals surface area (Å²) in [5.74, 6) is 0.262. The predicted molar refractivity (Wildman–Crippen MR) is 72.0 cm³/mol. The van der Waals surface area contributed by atoms with Gasteiger partial charge >= 0.3 is 0 Å². The number of para-hydroxylation sites is 1. The van der Waals surface area contributed by atoms with Gasteiger partial charge in [0, 0.05) is 17.3 Å². The summed E-state index contributed by atoms with van der Waals surface area (Å²) >= 11 is 0. The number of phenolic OH excluding ortho intramolecular Hbond substituents is 1. The minimum Gasteiger partial charge on any atom is -0.507 e. The number of aromatic nitrogens is 2. The average molecular weight is 238 g/mol. The molecule has 3 nitrogen and oxygen atoms in total. The van der Waals surface area contributed by atoms with Gasteiger partial charge in [-0.2, -0.15) is 5.10 Å². The summed E-state index contributed by atoms with van der Waals surface area (Å²) < 4.78 is 0. The molecule has 90 valence electrons. The van der Waals surface area contributed by atoms with Gasteiger partial charge in [-0.15, -0.1) is 0 Å². The van der Waals surface area contributed by atoms with Gasteiger partial charge in [-0.3, -0.25) is 5.10 Å². The summed E-state index contributed by atoms with van der Waals surface area (Å²) in [6.07, 6.45) is 10.3. The molecule has 0 atom stereocenters.